The predicted molar refractivity (Wildman–Crippen MR) is 128 cm³/mol. The first kappa shape index (κ1) is 24.0. The molecular weight excluding hydrogens is 384 g/mol. The van der Waals surface area contributed by atoms with Gasteiger partial charge in [-0.2, -0.15) is 0 Å². The summed E-state index contributed by atoms with van der Waals surface area (Å²) < 4.78 is 15.6. The van der Waals surface area contributed by atoms with E-state index in [1.54, 1.807) is 0 Å². The summed E-state index contributed by atoms with van der Waals surface area (Å²) >= 11 is 0. The Morgan fingerprint density at radius 3 is 1.87 bits per heavy atom. The Hall–Kier alpha value is -1.65. The quantitative estimate of drug-likeness (QED) is 0.466. The molecule has 0 amide bonds. The van der Waals surface area contributed by atoms with Gasteiger partial charge in [-0.05, 0) is 80.8 Å². The molecule has 2 heterocycles. The van der Waals surface area contributed by atoms with E-state index in [1.165, 1.54) is 59.1 Å². The van der Waals surface area contributed by atoms with Crippen molar-refractivity contribution in [2.24, 2.45) is 5.41 Å². The molecule has 1 aromatic heterocycles. The number of imidazole rings is 1. The molecule has 1 aromatic carbocycles. The van der Waals surface area contributed by atoms with Crippen LogP contribution in [0.5, 0.6) is 0 Å². The Bertz CT molecular complexity index is 825. The van der Waals surface area contributed by atoms with Crippen molar-refractivity contribution in [3.63, 3.8) is 0 Å². The van der Waals surface area contributed by atoms with Gasteiger partial charge in [0.15, 0.2) is 5.79 Å². The van der Waals surface area contributed by atoms with Gasteiger partial charge >= 0.3 is 0 Å². The van der Waals surface area contributed by atoms with E-state index >= 15 is 0 Å². The van der Waals surface area contributed by atoms with Crippen LogP contribution in [-0.2, 0) is 22.4 Å². The number of ether oxygens (including phenoxy) is 2. The molecule has 1 fully saturated rings. The van der Waals surface area contributed by atoms with Crippen molar-refractivity contribution in [2.45, 2.75) is 99.3 Å². The van der Waals surface area contributed by atoms with Crippen molar-refractivity contribution in [2.75, 3.05) is 13.2 Å². The van der Waals surface area contributed by atoms with Crippen LogP contribution in [0.15, 0.2) is 18.7 Å². The molecule has 172 valence electrons. The maximum atomic E-state index is 6.75. The second-order valence-electron chi connectivity index (χ2n) is 9.82. The van der Waals surface area contributed by atoms with E-state index in [1.807, 2.05) is 18.7 Å². The molecule has 0 radical (unpaired) electrons. The van der Waals surface area contributed by atoms with Crippen LogP contribution in [0.25, 0.3) is 0 Å². The van der Waals surface area contributed by atoms with Crippen LogP contribution >= 0.6 is 0 Å². The number of benzene rings is 1. The van der Waals surface area contributed by atoms with Gasteiger partial charge in [0.05, 0.1) is 19.5 Å². The summed E-state index contributed by atoms with van der Waals surface area (Å²) in [5.41, 5.74) is 8.51. The largest absolute Gasteiger partial charge is 0.349 e. The number of rotatable bonds is 9. The highest BCUT2D eigenvalue weighted by Gasteiger charge is 2.44. The van der Waals surface area contributed by atoms with Crippen molar-refractivity contribution < 1.29 is 9.47 Å². The molecule has 0 unspecified atom stereocenters. The van der Waals surface area contributed by atoms with Crippen LogP contribution < -0.4 is 0 Å². The minimum atomic E-state index is -0.584. The van der Waals surface area contributed by atoms with Crippen molar-refractivity contribution in [1.82, 2.24) is 9.55 Å². The van der Waals surface area contributed by atoms with Crippen LogP contribution in [0.1, 0.15) is 79.3 Å². The predicted octanol–water partition coefficient (Wildman–Crippen LogP) is 6.39. The smallest absolute Gasteiger partial charge is 0.174 e. The third kappa shape index (κ3) is 5.06. The molecule has 0 bridgehead atoms. The zero-order valence-electron chi connectivity index (χ0n) is 20.8. The maximum Gasteiger partial charge on any atom is 0.174 e. The van der Waals surface area contributed by atoms with Crippen molar-refractivity contribution in [1.29, 1.82) is 0 Å². The number of hydrogen-bond donors (Lipinski definition) is 0. The SMILES string of the molecule is CCCC1(CCC)COC(CCn2ccnc2)(Cc2c(C)c(C)c(C)c(C)c2C)OC1. The summed E-state index contributed by atoms with van der Waals surface area (Å²) in [6, 6.07) is 0. The summed E-state index contributed by atoms with van der Waals surface area (Å²) in [4.78, 5) is 4.21. The third-order valence-electron chi connectivity index (χ3n) is 7.76. The van der Waals surface area contributed by atoms with E-state index < -0.39 is 5.79 Å². The first-order chi connectivity index (χ1) is 14.8. The number of aryl methyl sites for hydroxylation is 1. The lowest BCUT2D eigenvalue weighted by Crippen LogP contribution is -2.51. The van der Waals surface area contributed by atoms with Gasteiger partial charge in [-0.1, -0.05) is 26.7 Å². The second kappa shape index (κ2) is 9.87. The zero-order chi connectivity index (χ0) is 22.6. The molecule has 1 aliphatic heterocycles. The van der Waals surface area contributed by atoms with Crippen LogP contribution in [-0.4, -0.2) is 28.6 Å². The fraction of sp³-hybridized carbons (Fsp3) is 0.667. The van der Waals surface area contributed by atoms with Crippen LogP contribution in [0, 0.1) is 40.0 Å². The Labute approximate surface area is 189 Å². The van der Waals surface area contributed by atoms with Gasteiger partial charge in [-0.25, -0.2) is 4.98 Å². The lowest BCUT2D eigenvalue weighted by molar-refractivity contribution is -0.309. The highest BCUT2D eigenvalue weighted by Crippen LogP contribution is 2.41. The van der Waals surface area contributed by atoms with Crippen LogP contribution in [0.3, 0.4) is 0 Å². The molecule has 1 aliphatic rings. The summed E-state index contributed by atoms with van der Waals surface area (Å²) in [7, 11) is 0. The fourth-order valence-electron chi connectivity index (χ4n) is 5.29. The van der Waals surface area contributed by atoms with E-state index in [0.717, 1.165) is 32.6 Å². The average Bonchev–Trinajstić information content (AvgIpc) is 3.29. The van der Waals surface area contributed by atoms with Gasteiger partial charge in [0.25, 0.3) is 0 Å². The molecule has 4 nitrogen and oxygen atoms in total. The molecule has 1 saturated heterocycles. The molecule has 0 saturated carbocycles. The summed E-state index contributed by atoms with van der Waals surface area (Å²) in [5.74, 6) is -0.584. The number of nitrogens with zero attached hydrogens (tertiary/aromatic N) is 2. The van der Waals surface area contributed by atoms with E-state index in [9.17, 15) is 0 Å². The normalized spacial score (nSPS) is 17.8. The van der Waals surface area contributed by atoms with Crippen molar-refractivity contribution in [3.8, 4) is 0 Å². The van der Waals surface area contributed by atoms with Crippen molar-refractivity contribution in [3.05, 3.63) is 52.1 Å². The summed E-state index contributed by atoms with van der Waals surface area (Å²) in [6.45, 7) is 18.2. The van der Waals surface area contributed by atoms with E-state index in [-0.39, 0.29) is 5.41 Å². The third-order valence-corrected chi connectivity index (χ3v) is 7.76. The van der Waals surface area contributed by atoms with Crippen LogP contribution in [0.4, 0.5) is 0 Å². The molecule has 4 heteroatoms. The van der Waals surface area contributed by atoms with Crippen LogP contribution in [0.2, 0.25) is 0 Å². The van der Waals surface area contributed by atoms with E-state index in [2.05, 4.69) is 58.0 Å². The highest BCUT2D eigenvalue weighted by atomic mass is 16.7. The molecule has 3 rings (SSSR count). The van der Waals surface area contributed by atoms with Gasteiger partial charge in [-0.15, -0.1) is 0 Å². The topological polar surface area (TPSA) is 36.3 Å². The Kier molecular flexibility index (Phi) is 7.64. The molecule has 0 atom stereocenters. The first-order valence-electron chi connectivity index (χ1n) is 12.1. The molecule has 31 heavy (non-hydrogen) atoms. The van der Waals surface area contributed by atoms with E-state index in [4.69, 9.17) is 9.47 Å². The van der Waals surface area contributed by atoms with Gasteiger partial charge in [0, 0.05) is 37.2 Å². The van der Waals surface area contributed by atoms with Gasteiger partial charge in [-0.3, -0.25) is 0 Å². The maximum absolute atomic E-state index is 6.75. The average molecular weight is 427 g/mol. The standard InChI is InChI=1S/C27H42N2O2/c1-8-10-26(11-9-2)17-30-27(31-18-26,12-14-29-15-13-28-19-29)16-25-23(6)21(4)20(3)22(5)24(25)7/h13,15,19H,8-12,14,16-18H2,1-7H3. The monoisotopic (exact) mass is 426 g/mol. The summed E-state index contributed by atoms with van der Waals surface area (Å²) in [6.07, 6.45) is 12.0. The molecule has 0 N–H and O–H groups in total. The molecule has 0 spiro atoms. The highest BCUT2D eigenvalue weighted by molar-refractivity contribution is 5.49. The van der Waals surface area contributed by atoms with Crippen molar-refractivity contribution >= 4 is 0 Å². The van der Waals surface area contributed by atoms with E-state index in [0.29, 0.717) is 0 Å². The minimum Gasteiger partial charge on any atom is -0.349 e. The molecule has 2 aromatic rings. The lowest BCUT2D eigenvalue weighted by Gasteiger charge is -2.47. The Morgan fingerprint density at radius 1 is 0.839 bits per heavy atom. The van der Waals surface area contributed by atoms with Gasteiger partial charge < -0.3 is 14.0 Å². The first-order valence-corrected chi connectivity index (χ1v) is 12.1. The zero-order valence-corrected chi connectivity index (χ0v) is 20.8. The second-order valence-corrected chi connectivity index (χ2v) is 9.82. The number of aromatic nitrogens is 2. The Balaban J connectivity index is 1.91. The summed E-state index contributed by atoms with van der Waals surface area (Å²) in [5, 5.41) is 0. The minimum absolute atomic E-state index is 0.158. The van der Waals surface area contributed by atoms with Gasteiger partial charge in [0.1, 0.15) is 0 Å². The van der Waals surface area contributed by atoms with Gasteiger partial charge in [0.2, 0.25) is 0 Å². The molecule has 0 aliphatic carbocycles. The lowest BCUT2D eigenvalue weighted by atomic mass is 9.79. The molecular formula is C27H42N2O2. The Morgan fingerprint density at radius 2 is 1.39 bits per heavy atom. The number of hydrogen-bond acceptors (Lipinski definition) is 3. The fourth-order valence-corrected chi connectivity index (χ4v) is 5.29.